The summed E-state index contributed by atoms with van der Waals surface area (Å²) in [5, 5.41) is 4.16. The van der Waals surface area contributed by atoms with Gasteiger partial charge in [0.05, 0.1) is 23.8 Å². The second-order valence-corrected chi connectivity index (χ2v) is 4.61. The molecular formula is C13H19N5. The van der Waals surface area contributed by atoms with E-state index in [-0.39, 0.29) is 6.04 Å². The minimum Gasteiger partial charge on any atom is -0.369 e. The number of aromatic nitrogens is 3. The summed E-state index contributed by atoms with van der Waals surface area (Å²) in [4.78, 5) is 6.49. The zero-order valence-corrected chi connectivity index (χ0v) is 11.0. The van der Waals surface area contributed by atoms with Crippen LogP contribution in [0, 0.1) is 0 Å². The fraction of sp³-hybridized carbons (Fsp3) is 0.385. The van der Waals surface area contributed by atoms with Crippen molar-refractivity contribution in [3.05, 3.63) is 42.0 Å². The van der Waals surface area contributed by atoms with Gasteiger partial charge in [-0.25, -0.2) is 0 Å². The van der Waals surface area contributed by atoms with E-state index in [4.69, 9.17) is 5.73 Å². The van der Waals surface area contributed by atoms with E-state index in [1.165, 1.54) is 5.56 Å². The van der Waals surface area contributed by atoms with Crippen LogP contribution in [0.2, 0.25) is 0 Å². The highest BCUT2D eigenvalue weighted by Gasteiger charge is 2.06. The van der Waals surface area contributed by atoms with Gasteiger partial charge >= 0.3 is 0 Å². The van der Waals surface area contributed by atoms with Gasteiger partial charge in [0.25, 0.3) is 0 Å². The van der Waals surface area contributed by atoms with Crippen molar-refractivity contribution in [1.29, 1.82) is 0 Å². The lowest BCUT2D eigenvalue weighted by Crippen LogP contribution is -2.17. The minimum atomic E-state index is -0.0253. The van der Waals surface area contributed by atoms with E-state index >= 15 is 0 Å². The van der Waals surface area contributed by atoms with Crippen molar-refractivity contribution in [2.75, 3.05) is 11.9 Å². The number of aryl methyl sites for hydroxylation is 1. The highest BCUT2D eigenvalue weighted by Crippen LogP contribution is 2.16. The van der Waals surface area contributed by atoms with Crippen LogP contribution in [0.5, 0.6) is 0 Å². The lowest BCUT2D eigenvalue weighted by atomic mass is 10.2. The molecule has 0 amide bonds. The first-order valence-corrected chi connectivity index (χ1v) is 5.96. The monoisotopic (exact) mass is 245 g/mol. The Kier molecular flexibility index (Phi) is 3.62. The quantitative estimate of drug-likeness (QED) is 0.886. The molecule has 0 bridgehead atoms. The Morgan fingerprint density at radius 1 is 1.39 bits per heavy atom. The molecule has 2 aromatic heterocycles. The van der Waals surface area contributed by atoms with Gasteiger partial charge in [-0.1, -0.05) is 0 Å². The van der Waals surface area contributed by atoms with Gasteiger partial charge in [-0.15, -0.1) is 0 Å². The molecule has 0 saturated carbocycles. The summed E-state index contributed by atoms with van der Waals surface area (Å²) < 4.78 is 1.81. The molecule has 5 heteroatoms. The van der Waals surface area contributed by atoms with Crippen LogP contribution in [0.3, 0.4) is 0 Å². The molecule has 18 heavy (non-hydrogen) atoms. The average Bonchev–Trinajstić information content (AvgIpc) is 2.75. The summed E-state index contributed by atoms with van der Waals surface area (Å²) >= 11 is 0. The van der Waals surface area contributed by atoms with Crippen LogP contribution in [-0.4, -0.2) is 21.8 Å². The van der Waals surface area contributed by atoms with E-state index in [1.807, 2.05) is 51.7 Å². The van der Waals surface area contributed by atoms with Crippen molar-refractivity contribution in [1.82, 2.24) is 14.8 Å². The second-order valence-electron chi connectivity index (χ2n) is 4.61. The Labute approximate surface area is 107 Å². The largest absolute Gasteiger partial charge is 0.369 e. The van der Waals surface area contributed by atoms with Crippen molar-refractivity contribution >= 4 is 5.69 Å². The molecule has 0 saturated heterocycles. The van der Waals surface area contributed by atoms with Crippen LogP contribution in [0.1, 0.15) is 24.2 Å². The summed E-state index contributed by atoms with van der Waals surface area (Å²) in [5.41, 5.74) is 8.94. The highest BCUT2D eigenvalue weighted by molar-refractivity contribution is 5.44. The van der Waals surface area contributed by atoms with Crippen LogP contribution < -0.4 is 10.6 Å². The van der Waals surface area contributed by atoms with Crippen molar-refractivity contribution in [2.24, 2.45) is 12.8 Å². The third-order valence-electron chi connectivity index (χ3n) is 2.86. The van der Waals surface area contributed by atoms with Gasteiger partial charge < -0.3 is 10.6 Å². The van der Waals surface area contributed by atoms with Crippen molar-refractivity contribution in [2.45, 2.75) is 19.5 Å². The summed E-state index contributed by atoms with van der Waals surface area (Å²) in [6.45, 7) is 2.74. The molecule has 2 N–H and O–H groups in total. The van der Waals surface area contributed by atoms with Gasteiger partial charge in [0, 0.05) is 38.4 Å². The first kappa shape index (κ1) is 12.6. The van der Waals surface area contributed by atoms with Crippen LogP contribution in [0.25, 0.3) is 0 Å². The number of hydrogen-bond donors (Lipinski definition) is 1. The second kappa shape index (κ2) is 5.18. The summed E-state index contributed by atoms with van der Waals surface area (Å²) in [6.07, 6.45) is 5.75. The molecule has 2 rings (SSSR count). The number of hydrogen-bond acceptors (Lipinski definition) is 4. The smallest absolute Gasteiger partial charge is 0.0569 e. The van der Waals surface area contributed by atoms with E-state index in [1.54, 1.807) is 4.68 Å². The third-order valence-corrected chi connectivity index (χ3v) is 2.86. The maximum Gasteiger partial charge on any atom is 0.0569 e. The molecule has 0 aliphatic carbocycles. The third kappa shape index (κ3) is 2.87. The van der Waals surface area contributed by atoms with Crippen LogP contribution >= 0.6 is 0 Å². The summed E-state index contributed by atoms with van der Waals surface area (Å²) in [5.74, 6) is 0. The van der Waals surface area contributed by atoms with Gasteiger partial charge in [-0.05, 0) is 19.1 Å². The molecule has 0 aliphatic heterocycles. The molecule has 2 aromatic rings. The van der Waals surface area contributed by atoms with Gasteiger partial charge in [0.1, 0.15) is 0 Å². The van der Waals surface area contributed by atoms with Crippen LogP contribution in [0.4, 0.5) is 5.69 Å². The first-order chi connectivity index (χ1) is 8.56. The zero-order valence-electron chi connectivity index (χ0n) is 11.0. The Hall–Kier alpha value is -1.88. The highest BCUT2D eigenvalue weighted by atomic mass is 15.2. The normalized spacial score (nSPS) is 12.4. The number of nitrogens with zero attached hydrogens (tertiary/aromatic N) is 4. The molecule has 0 spiro atoms. The van der Waals surface area contributed by atoms with Gasteiger partial charge in [-0.2, -0.15) is 5.10 Å². The summed E-state index contributed by atoms with van der Waals surface area (Å²) in [7, 11) is 3.96. The van der Waals surface area contributed by atoms with Crippen molar-refractivity contribution in [3.63, 3.8) is 0 Å². The zero-order chi connectivity index (χ0) is 13.1. The molecule has 0 fully saturated rings. The van der Waals surface area contributed by atoms with E-state index in [2.05, 4.69) is 15.0 Å². The average molecular weight is 245 g/mol. The van der Waals surface area contributed by atoms with Crippen molar-refractivity contribution in [3.8, 4) is 0 Å². The molecule has 2 heterocycles. The van der Waals surface area contributed by atoms with Crippen LogP contribution in [0.15, 0.2) is 30.7 Å². The molecule has 1 atom stereocenters. The molecule has 96 valence electrons. The van der Waals surface area contributed by atoms with Crippen molar-refractivity contribution < 1.29 is 0 Å². The summed E-state index contributed by atoms with van der Waals surface area (Å²) in [6, 6.07) is 3.99. The SMILES string of the molecule is C[C@@H](N)c1ccc(N(C)Cc2cnn(C)c2)cn1. The van der Waals surface area contributed by atoms with Gasteiger partial charge in [-0.3, -0.25) is 9.67 Å². The van der Waals surface area contributed by atoms with Gasteiger partial charge in [0.15, 0.2) is 0 Å². The molecule has 5 nitrogen and oxygen atoms in total. The lowest BCUT2D eigenvalue weighted by Gasteiger charge is -2.18. The molecule has 0 aliphatic rings. The Bertz CT molecular complexity index is 500. The molecular weight excluding hydrogens is 226 g/mol. The maximum atomic E-state index is 5.78. The van der Waals surface area contributed by atoms with E-state index in [9.17, 15) is 0 Å². The van der Waals surface area contributed by atoms with E-state index in [0.29, 0.717) is 0 Å². The Morgan fingerprint density at radius 3 is 2.67 bits per heavy atom. The standard InChI is InChI=1S/C13H19N5/c1-10(14)13-5-4-12(7-15-13)17(2)8-11-6-16-18(3)9-11/h4-7,9-10H,8,14H2,1-3H3/t10-/m1/s1. The Balaban J connectivity index is 2.06. The fourth-order valence-corrected chi connectivity index (χ4v) is 1.81. The van der Waals surface area contributed by atoms with Gasteiger partial charge in [0.2, 0.25) is 0 Å². The molecule has 0 radical (unpaired) electrons. The predicted octanol–water partition coefficient (Wildman–Crippen LogP) is 1.47. The molecule has 0 aromatic carbocycles. The van der Waals surface area contributed by atoms with E-state index in [0.717, 1.165) is 17.9 Å². The first-order valence-electron chi connectivity index (χ1n) is 5.96. The minimum absolute atomic E-state index is 0.0253. The predicted molar refractivity (Wildman–Crippen MR) is 72.2 cm³/mol. The fourth-order valence-electron chi connectivity index (χ4n) is 1.81. The van der Waals surface area contributed by atoms with Crippen LogP contribution in [-0.2, 0) is 13.6 Å². The number of anilines is 1. The lowest BCUT2D eigenvalue weighted by molar-refractivity contribution is 0.766. The Morgan fingerprint density at radius 2 is 2.17 bits per heavy atom. The van der Waals surface area contributed by atoms with E-state index < -0.39 is 0 Å². The number of rotatable bonds is 4. The number of nitrogens with two attached hydrogens (primary N) is 1. The topological polar surface area (TPSA) is 60.0 Å². The maximum absolute atomic E-state index is 5.78. The number of pyridine rings is 1. The molecule has 0 unspecified atom stereocenters.